The molecule has 1 unspecified atom stereocenters. The largest absolute Gasteiger partial charge is 0.354 e. The fourth-order valence-electron chi connectivity index (χ4n) is 3.87. The highest BCUT2D eigenvalue weighted by atomic mass is 32.2. The summed E-state index contributed by atoms with van der Waals surface area (Å²) < 4.78 is 13.5. The van der Waals surface area contributed by atoms with Crippen molar-refractivity contribution in [3.63, 3.8) is 0 Å². The van der Waals surface area contributed by atoms with Crippen molar-refractivity contribution in [2.45, 2.75) is 45.5 Å². The van der Waals surface area contributed by atoms with Crippen LogP contribution in [0.3, 0.4) is 0 Å². The number of carbonyl (C=O) groups is 2. The van der Waals surface area contributed by atoms with Gasteiger partial charge in [0, 0.05) is 25.3 Å². The number of hydrogen-bond donors (Lipinski definition) is 1. The Bertz CT molecular complexity index is 1120. The number of rotatable bonds is 12. The zero-order valence-electron chi connectivity index (χ0n) is 21.2. The molecule has 0 heterocycles. The summed E-state index contributed by atoms with van der Waals surface area (Å²) in [6, 6.07) is 23.3. The van der Waals surface area contributed by atoms with Gasteiger partial charge in [0.1, 0.15) is 11.9 Å². The second-order valence-corrected chi connectivity index (χ2v) is 10.4. The molecule has 0 spiro atoms. The molecule has 3 rings (SSSR count). The van der Waals surface area contributed by atoms with Gasteiger partial charge in [0.15, 0.2) is 0 Å². The van der Waals surface area contributed by atoms with Crippen LogP contribution in [0.1, 0.15) is 36.1 Å². The summed E-state index contributed by atoms with van der Waals surface area (Å²) >= 11 is 1.54. The molecule has 0 bridgehead atoms. The smallest absolute Gasteiger partial charge is 0.243 e. The Balaban J connectivity index is 1.84. The molecule has 3 aromatic carbocycles. The average molecular weight is 507 g/mol. The molecule has 0 fully saturated rings. The van der Waals surface area contributed by atoms with Crippen LogP contribution in [0, 0.1) is 18.7 Å². The summed E-state index contributed by atoms with van der Waals surface area (Å²) in [5.41, 5.74) is 4.14. The third-order valence-corrected chi connectivity index (χ3v) is 6.93. The van der Waals surface area contributed by atoms with Crippen LogP contribution in [-0.2, 0) is 28.3 Å². The first kappa shape index (κ1) is 27.5. The van der Waals surface area contributed by atoms with Crippen LogP contribution in [-0.4, -0.2) is 35.1 Å². The third kappa shape index (κ3) is 8.52. The highest BCUT2D eigenvalue weighted by Crippen LogP contribution is 2.20. The van der Waals surface area contributed by atoms with Gasteiger partial charge in [-0.15, -0.1) is 11.8 Å². The van der Waals surface area contributed by atoms with Gasteiger partial charge < -0.3 is 10.2 Å². The molecule has 1 N–H and O–H groups in total. The highest BCUT2D eigenvalue weighted by molar-refractivity contribution is 7.99. The summed E-state index contributed by atoms with van der Waals surface area (Å²) in [7, 11) is 0. The number of nitrogens with one attached hydrogen (secondary N) is 1. The first-order chi connectivity index (χ1) is 17.3. The van der Waals surface area contributed by atoms with E-state index in [0.717, 1.165) is 11.1 Å². The molecule has 0 aliphatic carbocycles. The van der Waals surface area contributed by atoms with Crippen molar-refractivity contribution in [3.05, 3.63) is 107 Å². The lowest BCUT2D eigenvalue weighted by atomic mass is 10.0. The van der Waals surface area contributed by atoms with Crippen LogP contribution in [0.5, 0.6) is 0 Å². The lowest BCUT2D eigenvalue weighted by Crippen LogP contribution is -2.51. The van der Waals surface area contributed by atoms with E-state index in [1.807, 2.05) is 56.3 Å². The summed E-state index contributed by atoms with van der Waals surface area (Å²) in [6.07, 6.45) is 0.403. The summed E-state index contributed by atoms with van der Waals surface area (Å²) in [5.74, 6) is 0.632. The van der Waals surface area contributed by atoms with Gasteiger partial charge in [-0.1, -0.05) is 80.6 Å². The van der Waals surface area contributed by atoms with E-state index in [1.54, 1.807) is 28.8 Å². The molecule has 6 heteroatoms. The van der Waals surface area contributed by atoms with Crippen molar-refractivity contribution in [2.24, 2.45) is 5.92 Å². The third-order valence-electron chi connectivity index (χ3n) is 5.97. The molecule has 3 aromatic rings. The van der Waals surface area contributed by atoms with Crippen LogP contribution in [0.4, 0.5) is 4.39 Å². The molecule has 190 valence electrons. The first-order valence-corrected chi connectivity index (χ1v) is 13.5. The Hall–Kier alpha value is -3.12. The minimum Gasteiger partial charge on any atom is -0.354 e. The predicted octanol–water partition coefficient (Wildman–Crippen LogP) is 5.78. The fourth-order valence-corrected chi connectivity index (χ4v) is 4.85. The number of amides is 2. The lowest BCUT2D eigenvalue weighted by molar-refractivity contribution is -0.139. The van der Waals surface area contributed by atoms with Gasteiger partial charge in [0.05, 0.1) is 5.75 Å². The number of nitrogens with zero attached hydrogens (tertiary/aromatic N) is 1. The molecule has 36 heavy (non-hydrogen) atoms. The van der Waals surface area contributed by atoms with Gasteiger partial charge in [-0.25, -0.2) is 4.39 Å². The Kier molecular flexibility index (Phi) is 10.6. The summed E-state index contributed by atoms with van der Waals surface area (Å²) in [5, 5.41) is 3.02. The van der Waals surface area contributed by atoms with Crippen LogP contribution >= 0.6 is 11.8 Å². The van der Waals surface area contributed by atoms with Crippen molar-refractivity contribution < 1.29 is 14.0 Å². The number of benzene rings is 3. The predicted molar refractivity (Wildman–Crippen MR) is 146 cm³/mol. The van der Waals surface area contributed by atoms with Gasteiger partial charge in [-0.2, -0.15) is 0 Å². The molecular weight excluding hydrogens is 471 g/mol. The Morgan fingerprint density at radius 2 is 1.58 bits per heavy atom. The number of hydrogen-bond acceptors (Lipinski definition) is 3. The normalized spacial score (nSPS) is 11.8. The maximum Gasteiger partial charge on any atom is 0.243 e. The van der Waals surface area contributed by atoms with E-state index in [0.29, 0.717) is 18.7 Å². The van der Waals surface area contributed by atoms with Crippen LogP contribution < -0.4 is 5.32 Å². The molecule has 1 atom stereocenters. The Morgan fingerprint density at radius 3 is 2.25 bits per heavy atom. The van der Waals surface area contributed by atoms with E-state index in [9.17, 15) is 14.0 Å². The van der Waals surface area contributed by atoms with E-state index in [4.69, 9.17) is 0 Å². The first-order valence-electron chi connectivity index (χ1n) is 12.3. The quantitative estimate of drug-likeness (QED) is 0.339. The Morgan fingerprint density at radius 1 is 0.917 bits per heavy atom. The molecule has 0 radical (unpaired) electrons. The molecule has 0 aliphatic heterocycles. The Labute approximate surface area is 218 Å². The zero-order chi connectivity index (χ0) is 25.9. The van der Waals surface area contributed by atoms with Crippen LogP contribution in [0.2, 0.25) is 0 Å². The molecule has 0 saturated carbocycles. The van der Waals surface area contributed by atoms with Crippen molar-refractivity contribution in [2.75, 3.05) is 12.3 Å². The molecule has 4 nitrogen and oxygen atoms in total. The van der Waals surface area contributed by atoms with Gasteiger partial charge in [-0.05, 0) is 47.2 Å². The van der Waals surface area contributed by atoms with Crippen molar-refractivity contribution >= 4 is 23.6 Å². The minimum atomic E-state index is -0.678. The van der Waals surface area contributed by atoms with Gasteiger partial charge in [0.25, 0.3) is 0 Å². The molecular formula is C30H35FN2O2S. The maximum atomic E-state index is 13.6. The van der Waals surface area contributed by atoms with Crippen LogP contribution in [0.15, 0.2) is 78.9 Å². The number of thioether (sulfide) groups is 1. The summed E-state index contributed by atoms with van der Waals surface area (Å²) in [4.78, 5) is 28.7. The second kappa shape index (κ2) is 13.8. The SMILES string of the molecule is Cc1ccccc1CSCC(=O)N(Cc1ccc(F)cc1)C(Cc1ccccc1)C(=O)NCC(C)C. The van der Waals surface area contributed by atoms with Crippen molar-refractivity contribution in [1.82, 2.24) is 10.2 Å². The van der Waals surface area contributed by atoms with E-state index < -0.39 is 6.04 Å². The number of aryl methyl sites for hydroxylation is 1. The van der Waals surface area contributed by atoms with E-state index in [2.05, 4.69) is 24.4 Å². The summed E-state index contributed by atoms with van der Waals surface area (Å²) in [6.45, 7) is 6.90. The molecule has 0 saturated heterocycles. The van der Waals surface area contributed by atoms with Gasteiger partial charge in [-0.3, -0.25) is 9.59 Å². The van der Waals surface area contributed by atoms with Crippen LogP contribution in [0.25, 0.3) is 0 Å². The number of halogens is 1. The monoisotopic (exact) mass is 506 g/mol. The zero-order valence-corrected chi connectivity index (χ0v) is 22.1. The van der Waals surface area contributed by atoms with Crippen molar-refractivity contribution in [1.29, 1.82) is 0 Å². The van der Waals surface area contributed by atoms with Gasteiger partial charge in [0.2, 0.25) is 11.8 Å². The minimum absolute atomic E-state index is 0.112. The van der Waals surface area contributed by atoms with E-state index >= 15 is 0 Å². The number of carbonyl (C=O) groups excluding carboxylic acids is 2. The highest BCUT2D eigenvalue weighted by Gasteiger charge is 2.30. The standard InChI is InChI=1S/C30H35FN2O2S/c1-22(2)18-32-30(35)28(17-24-10-5-4-6-11-24)33(19-25-13-15-27(31)16-14-25)29(34)21-36-20-26-12-8-7-9-23(26)3/h4-16,22,28H,17-21H2,1-3H3,(H,32,35). The lowest BCUT2D eigenvalue weighted by Gasteiger charge is -2.32. The topological polar surface area (TPSA) is 49.4 Å². The molecule has 0 aromatic heterocycles. The van der Waals surface area contributed by atoms with Gasteiger partial charge >= 0.3 is 0 Å². The fraction of sp³-hybridized carbons (Fsp3) is 0.333. The van der Waals surface area contributed by atoms with Crippen molar-refractivity contribution in [3.8, 4) is 0 Å². The van der Waals surface area contributed by atoms with E-state index in [1.165, 1.54) is 23.3 Å². The second-order valence-electron chi connectivity index (χ2n) is 9.41. The average Bonchev–Trinajstić information content (AvgIpc) is 2.87. The molecule has 2 amide bonds. The molecule has 0 aliphatic rings. The maximum absolute atomic E-state index is 13.6. The van der Waals surface area contributed by atoms with E-state index in [-0.39, 0.29) is 35.8 Å².